The van der Waals surface area contributed by atoms with Crippen LogP contribution in [0.15, 0.2) is 140 Å². The van der Waals surface area contributed by atoms with Gasteiger partial charge in [-0.25, -0.2) is 4.98 Å². The maximum atomic E-state index is 5.10. The lowest BCUT2D eigenvalue weighted by Crippen LogP contribution is -1.93. The van der Waals surface area contributed by atoms with Crippen molar-refractivity contribution in [3.05, 3.63) is 140 Å². The van der Waals surface area contributed by atoms with Crippen LogP contribution in [0.4, 0.5) is 0 Å². The molecule has 0 N–H and O–H groups in total. The molecule has 0 atom stereocenters. The topological polar surface area (TPSA) is 12.9 Å². The molecule has 0 radical (unpaired) electrons. The molecule has 0 aliphatic carbocycles. The highest BCUT2D eigenvalue weighted by atomic mass is 14.7. The summed E-state index contributed by atoms with van der Waals surface area (Å²) in [5.41, 5.74) is 8.15. The second-order valence-corrected chi connectivity index (χ2v) is 9.18. The first-order chi connectivity index (χ1) is 17.9. The number of para-hydroxylation sites is 1. The molecule has 7 rings (SSSR count). The van der Waals surface area contributed by atoms with E-state index in [0.717, 1.165) is 16.6 Å². The Labute approximate surface area is 210 Å². The van der Waals surface area contributed by atoms with Crippen LogP contribution in [-0.2, 0) is 0 Å². The molecular formula is C35H23N. The summed E-state index contributed by atoms with van der Waals surface area (Å²) in [5, 5.41) is 6.08. The summed E-state index contributed by atoms with van der Waals surface area (Å²) < 4.78 is 0. The number of nitrogens with zero attached hydrogens (tertiary/aromatic N) is 1. The Morgan fingerprint density at radius 2 is 0.917 bits per heavy atom. The van der Waals surface area contributed by atoms with Crippen LogP contribution in [0, 0.1) is 0 Å². The van der Waals surface area contributed by atoms with Crippen molar-refractivity contribution < 1.29 is 0 Å². The number of fused-ring (bicyclic) bond motifs is 3. The maximum absolute atomic E-state index is 5.10. The zero-order chi connectivity index (χ0) is 23.9. The van der Waals surface area contributed by atoms with Gasteiger partial charge in [-0.1, -0.05) is 121 Å². The first-order valence-corrected chi connectivity index (χ1v) is 12.3. The monoisotopic (exact) mass is 457 g/mol. The normalized spacial score (nSPS) is 11.3. The van der Waals surface area contributed by atoms with Crippen molar-refractivity contribution in [3.63, 3.8) is 0 Å². The number of hydrogen-bond donors (Lipinski definition) is 0. The van der Waals surface area contributed by atoms with Crippen molar-refractivity contribution in [2.45, 2.75) is 0 Å². The molecule has 0 saturated carbocycles. The van der Waals surface area contributed by atoms with E-state index in [4.69, 9.17) is 4.98 Å². The van der Waals surface area contributed by atoms with E-state index in [1.54, 1.807) is 0 Å². The Bertz CT molecular complexity index is 1830. The van der Waals surface area contributed by atoms with Gasteiger partial charge in [0.1, 0.15) is 0 Å². The summed E-state index contributed by atoms with van der Waals surface area (Å²) in [4.78, 5) is 5.10. The molecule has 0 unspecified atom stereocenters. The molecule has 168 valence electrons. The zero-order valence-corrected chi connectivity index (χ0v) is 19.7. The quantitative estimate of drug-likeness (QED) is 0.241. The van der Waals surface area contributed by atoms with Gasteiger partial charge in [-0.15, -0.1) is 0 Å². The molecule has 0 saturated heterocycles. The van der Waals surface area contributed by atoms with Gasteiger partial charge >= 0.3 is 0 Å². The molecule has 0 spiro atoms. The molecule has 0 amide bonds. The molecule has 1 heterocycles. The highest BCUT2D eigenvalue weighted by Gasteiger charge is 2.17. The highest BCUT2D eigenvalue weighted by Crippen LogP contribution is 2.43. The lowest BCUT2D eigenvalue weighted by atomic mass is 9.86. The van der Waals surface area contributed by atoms with Crippen LogP contribution in [-0.4, -0.2) is 4.98 Å². The Morgan fingerprint density at radius 1 is 0.361 bits per heavy atom. The predicted octanol–water partition coefficient (Wildman–Crippen LogP) is 9.54. The zero-order valence-electron chi connectivity index (χ0n) is 19.7. The maximum Gasteiger partial charge on any atom is 0.0722 e. The number of aromatic nitrogens is 1. The fourth-order valence-corrected chi connectivity index (χ4v) is 5.41. The molecule has 0 fully saturated rings. The van der Waals surface area contributed by atoms with Crippen molar-refractivity contribution in [3.8, 4) is 33.5 Å². The summed E-state index contributed by atoms with van der Waals surface area (Å²) in [6.45, 7) is 0. The van der Waals surface area contributed by atoms with Crippen LogP contribution in [0.5, 0.6) is 0 Å². The average molecular weight is 458 g/mol. The predicted molar refractivity (Wildman–Crippen MR) is 153 cm³/mol. The summed E-state index contributed by atoms with van der Waals surface area (Å²) in [6, 6.07) is 49.7. The number of pyridine rings is 1. The van der Waals surface area contributed by atoms with E-state index < -0.39 is 0 Å². The number of benzene rings is 6. The van der Waals surface area contributed by atoms with Gasteiger partial charge in [0.05, 0.1) is 11.2 Å². The fourth-order valence-electron chi connectivity index (χ4n) is 5.41. The molecule has 7 aromatic rings. The van der Waals surface area contributed by atoms with Crippen LogP contribution in [0.1, 0.15) is 0 Å². The summed E-state index contributed by atoms with van der Waals surface area (Å²) in [6.07, 6.45) is 0. The minimum Gasteiger partial charge on any atom is -0.248 e. The van der Waals surface area contributed by atoms with E-state index in [9.17, 15) is 0 Å². The Hall–Kier alpha value is -4.75. The first kappa shape index (κ1) is 20.6. The van der Waals surface area contributed by atoms with Crippen LogP contribution >= 0.6 is 0 Å². The number of hydrogen-bond acceptors (Lipinski definition) is 1. The van der Waals surface area contributed by atoms with Gasteiger partial charge in [-0.05, 0) is 62.0 Å². The molecule has 36 heavy (non-hydrogen) atoms. The van der Waals surface area contributed by atoms with Crippen LogP contribution < -0.4 is 0 Å². The lowest BCUT2D eigenvalue weighted by Gasteiger charge is -2.18. The molecule has 1 heteroatoms. The van der Waals surface area contributed by atoms with Gasteiger partial charge in [0.15, 0.2) is 0 Å². The third-order valence-corrected chi connectivity index (χ3v) is 7.04. The molecule has 6 aromatic carbocycles. The van der Waals surface area contributed by atoms with E-state index in [0.29, 0.717) is 0 Å². The van der Waals surface area contributed by atoms with Gasteiger partial charge in [0, 0.05) is 10.9 Å². The highest BCUT2D eigenvalue weighted by molar-refractivity contribution is 6.21. The van der Waals surface area contributed by atoms with Crippen molar-refractivity contribution in [1.29, 1.82) is 0 Å². The standard InChI is InChI=1S/C35H23N/c1-2-11-24(12-3-1)26-14-10-15-27(23-26)34-28-16-5-7-18-30(28)35(31-19-8-6-17-29(31)34)33-22-21-25-13-4-9-20-32(25)36-33/h1-23H. The Kier molecular flexibility index (Phi) is 4.85. The molecular weight excluding hydrogens is 434 g/mol. The molecule has 1 aromatic heterocycles. The second-order valence-electron chi connectivity index (χ2n) is 9.18. The van der Waals surface area contributed by atoms with Crippen molar-refractivity contribution >= 4 is 32.4 Å². The third-order valence-electron chi connectivity index (χ3n) is 7.04. The summed E-state index contributed by atoms with van der Waals surface area (Å²) in [5.74, 6) is 0. The first-order valence-electron chi connectivity index (χ1n) is 12.3. The van der Waals surface area contributed by atoms with Gasteiger partial charge in [-0.3, -0.25) is 0 Å². The minimum absolute atomic E-state index is 1.01. The molecule has 0 aliphatic heterocycles. The van der Waals surface area contributed by atoms with Crippen LogP contribution in [0.3, 0.4) is 0 Å². The molecule has 0 aliphatic rings. The smallest absolute Gasteiger partial charge is 0.0722 e. The largest absolute Gasteiger partial charge is 0.248 e. The van der Waals surface area contributed by atoms with Gasteiger partial charge in [0.25, 0.3) is 0 Å². The van der Waals surface area contributed by atoms with E-state index in [-0.39, 0.29) is 0 Å². The average Bonchev–Trinajstić information content (AvgIpc) is 2.96. The number of rotatable bonds is 3. The minimum atomic E-state index is 1.01. The van der Waals surface area contributed by atoms with Gasteiger partial charge in [-0.2, -0.15) is 0 Å². The van der Waals surface area contributed by atoms with Crippen molar-refractivity contribution in [2.24, 2.45) is 0 Å². The molecule has 1 nitrogen and oxygen atoms in total. The van der Waals surface area contributed by atoms with E-state index in [1.165, 1.54) is 49.4 Å². The Balaban J connectivity index is 1.55. The van der Waals surface area contributed by atoms with Crippen molar-refractivity contribution in [1.82, 2.24) is 4.98 Å². The van der Waals surface area contributed by atoms with E-state index >= 15 is 0 Å². The fraction of sp³-hybridized carbons (Fsp3) is 0. The van der Waals surface area contributed by atoms with Gasteiger partial charge in [0.2, 0.25) is 0 Å². The van der Waals surface area contributed by atoms with E-state index in [2.05, 4.69) is 140 Å². The van der Waals surface area contributed by atoms with Crippen LogP contribution in [0.2, 0.25) is 0 Å². The lowest BCUT2D eigenvalue weighted by molar-refractivity contribution is 1.42. The SMILES string of the molecule is c1ccc(-c2cccc(-c3c4ccccc4c(-c4ccc5ccccc5n4)c4ccccc34)c2)cc1. The van der Waals surface area contributed by atoms with Crippen LogP contribution in [0.25, 0.3) is 66.0 Å². The second kappa shape index (κ2) is 8.48. The summed E-state index contributed by atoms with van der Waals surface area (Å²) >= 11 is 0. The third kappa shape index (κ3) is 3.37. The van der Waals surface area contributed by atoms with Crippen molar-refractivity contribution in [2.75, 3.05) is 0 Å². The Morgan fingerprint density at radius 3 is 1.64 bits per heavy atom. The molecule has 0 bridgehead atoms. The van der Waals surface area contributed by atoms with E-state index in [1.807, 2.05) is 0 Å². The summed E-state index contributed by atoms with van der Waals surface area (Å²) in [7, 11) is 0. The van der Waals surface area contributed by atoms with Gasteiger partial charge < -0.3 is 0 Å².